The van der Waals surface area contributed by atoms with Gasteiger partial charge < -0.3 is 11.1 Å². The molecule has 1 atom stereocenters. The van der Waals surface area contributed by atoms with Gasteiger partial charge in [0.05, 0.1) is 10.6 Å². The zero-order chi connectivity index (χ0) is 19.9. The van der Waals surface area contributed by atoms with Gasteiger partial charge in [-0.25, -0.2) is 9.97 Å². The molecule has 0 aliphatic carbocycles. The number of amides is 1. The Morgan fingerprint density at radius 1 is 1.29 bits per heavy atom. The third-order valence-corrected chi connectivity index (χ3v) is 8.26. The Bertz CT molecular complexity index is 1030. The van der Waals surface area contributed by atoms with Crippen LogP contribution in [0, 0.1) is 0 Å². The topological polar surface area (TPSA) is 80.9 Å². The van der Waals surface area contributed by atoms with E-state index in [1.54, 1.807) is 11.3 Å². The van der Waals surface area contributed by atoms with Crippen LogP contribution in [0.1, 0.15) is 31.2 Å². The molecule has 3 heterocycles. The molecule has 0 unspecified atom stereocenters. The number of rotatable bonds is 4. The Morgan fingerprint density at radius 3 is 2.79 bits per heavy atom. The number of nitrogen functional groups attached to an aromatic ring is 1. The highest BCUT2D eigenvalue weighted by molar-refractivity contribution is 8.00. The maximum Gasteiger partial charge on any atom is 0.237 e. The van der Waals surface area contributed by atoms with Crippen LogP contribution in [-0.4, -0.2) is 25.9 Å². The number of anilines is 2. The summed E-state index contributed by atoms with van der Waals surface area (Å²) in [7, 11) is 0. The van der Waals surface area contributed by atoms with Crippen molar-refractivity contribution in [3.05, 3.63) is 40.8 Å². The minimum Gasteiger partial charge on any atom is -0.383 e. The zero-order valence-electron chi connectivity index (χ0n) is 16.0. The van der Waals surface area contributed by atoms with E-state index < -0.39 is 0 Å². The number of nitrogens with two attached hydrogens (primary N) is 1. The number of thiophene rings is 1. The molecular formula is C20H22N4OS3. The van der Waals surface area contributed by atoms with Crippen molar-refractivity contribution >= 4 is 62.5 Å². The second kappa shape index (κ2) is 7.57. The first-order valence-corrected chi connectivity index (χ1v) is 11.7. The lowest BCUT2D eigenvalue weighted by molar-refractivity contribution is -0.115. The number of thioether (sulfide) groups is 2. The quantitative estimate of drug-likeness (QED) is 0.450. The van der Waals surface area contributed by atoms with Crippen molar-refractivity contribution < 1.29 is 4.79 Å². The molecule has 4 rings (SSSR count). The van der Waals surface area contributed by atoms with Gasteiger partial charge >= 0.3 is 0 Å². The van der Waals surface area contributed by atoms with Gasteiger partial charge in [-0.05, 0) is 31.0 Å². The third kappa shape index (κ3) is 3.99. The van der Waals surface area contributed by atoms with Gasteiger partial charge in [0, 0.05) is 21.1 Å². The lowest BCUT2D eigenvalue weighted by Crippen LogP contribution is -2.23. The van der Waals surface area contributed by atoms with Crippen molar-refractivity contribution in [2.45, 2.75) is 48.1 Å². The summed E-state index contributed by atoms with van der Waals surface area (Å²) in [6.07, 6.45) is 0.975. The summed E-state index contributed by atoms with van der Waals surface area (Å²) < 4.78 is 0.199. The summed E-state index contributed by atoms with van der Waals surface area (Å²) in [5.74, 6) is 1.42. The van der Waals surface area contributed by atoms with E-state index in [1.165, 1.54) is 22.2 Å². The molecule has 8 heteroatoms. The summed E-state index contributed by atoms with van der Waals surface area (Å²) in [5, 5.41) is 4.13. The van der Waals surface area contributed by atoms with Gasteiger partial charge in [-0.2, -0.15) is 0 Å². The Balaban J connectivity index is 1.56. The van der Waals surface area contributed by atoms with E-state index >= 15 is 0 Å². The Morgan fingerprint density at radius 2 is 2.04 bits per heavy atom. The van der Waals surface area contributed by atoms with E-state index in [1.807, 2.05) is 49.0 Å². The Hall–Kier alpha value is -1.77. The minimum atomic E-state index is -0.332. The number of carbonyl (C=O) groups is 1. The molecule has 1 aromatic carbocycles. The molecule has 0 fully saturated rings. The van der Waals surface area contributed by atoms with Crippen molar-refractivity contribution in [3.8, 4) is 0 Å². The zero-order valence-corrected chi connectivity index (χ0v) is 18.4. The van der Waals surface area contributed by atoms with E-state index in [0.29, 0.717) is 11.0 Å². The average molecular weight is 431 g/mol. The molecule has 146 valence electrons. The molecular weight excluding hydrogens is 408 g/mol. The maximum absolute atomic E-state index is 12.5. The molecule has 1 aliphatic heterocycles. The number of nitrogens with one attached hydrogen (secondary N) is 1. The van der Waals surface area contributed by atoms with Crippen molar-refractivity contribution in [2.75, 3.05) is 11.1 Å². The first-order chi connectivity index (χ1) is 13.3. The first kappa shape index (κ1) is 19.5. The first-order valence-electron chi connectivity index (χ1n) is 9.07. The summed E-state index contributed by atoms with van der Waals surface area (Å²) in [4.78, 5) is 24.0. The number of nitrogens with zero attached hydrogens (tertiary/aromatic N) is 2. The predicted octanol–water partition coefficient (Wildman–Crippen LogP) is 4.96. The Kier molecular flexibility index (Phi) is 5.28. The molecule has 3 N–H and O–H groups in total. The van der Waals surface area contributed by atoms with Gasteiger partial charge in [-0.15, -0.1) is 23.1 Å². The summed E-state index contributed by atoms with van der Waals surface area (Å²) in [6, 6.07) is 9.43. The predicted molar refractivity (Wildman–Crippen MR) is 121 cm³/mol. The lowest BCUT2D eigenvalue weighted by atomic mass is 9.99. The minimum absolute atomic E-state index is 0.0814. The van der Waals surface area contributed by atoms with E-state index in [-0.39, 0.29) is 15.9 Å². The normalized spacial score (nSPS) is 16.5. The van der Waals surface area contributed by atoms with Crippen LogP contribution in [0.25, 0.3) is 10.2 Å². The number of aromatic nitrogens is 2. The molecule has 2 aromatic heterocycles. The van der Waals surface area contributed by atoms with Crippen LogP contribution in [0.2, 0.25) is 0 Å². The smallest absolute Gasteiger partial charge is 0.237 e. The number of fused-ring (bicyclic) bond motifs is 3. The van der Waals surface area contributed by atoms with Crippen molar-refractivity contribution in [3.63, 3.8) is 0 Å². The SMILES string of the molecule is C[C@H](Sc1nc(N)c2c3c(sc2n1)CSC(C)(C)C3)C(=O)Nc1ccccc1. The summed E-state index contributed by atoms with van der Waals surface area (Å²) in [6.45, 7) is 6.38. The number of para-hydroxylation sites is 1. The van der Waals surface area contributed by atoms with Gasteiger partial charge in [0.15, 0.2) is 5.16 Å². The van der Waals surface area contributed by atoms with Crippen LogP contribution in [0.5, 0.6) is 0 Å². The highest BCUT2D eigenvalue weighted by atomic mass is 32.2. The van der Waals surface area contributed by atoms with Gasteiger partial charge in [-0.3, -0.25) is 4.79 Å². The molecule has 0 spiro atoms. The highest BCUT2D eigenvalue weighted by Gasteiger charge is 2.30. The lowest BCUT2D eigenvalue weighted by Gasteiger charge is -2.28. The molecule has 0 saturated carbocycles. The van der Waals surface area contributed by atoms with Gasteiger partial charge in [0.25, 0.3) is 0 Å². The second-order valence-corrected chi connectivity index (χ2v) is 11.5. The molecule has 28 heavy (non-hydrogen) atoms. The molecule has 1 aliphatic rings. The largest absolute Gasteiger partial charge is 0.383 e. The van der Waals surface area contributed by atoms with E-state index in [0.717, 1.165) is 28.1 Å². The van der Waals surface area contributed by atoms with Crippen LogP contribution in [-0.2, 0) is 17.0 Å². The highest BCUT2D eigenvalue weighted by Crippen LogP contribution is 2.46. The fraction of sp³-hybridized carbons (Fsp3) is 0.350. The fourth-order valence-electron chi connectivity index (χ4n) is 3.18. The number of hydrogen-bond acceptors (Lipinski definition) is 7. The van der Waals surface area contributed by atoms with Gasteiger partial charge in [-0.1, -0.05) is 43.8 Å². The van der Waals surface area contributed by atoms with Crippen LogP contribution in [0.15, 0.2) is 35.5 Å². The molecule has 3 aromatic rings. The maximum atomic E-state index is 12.5. The fourth-order valence-corrected chi connectivity index (χ4v) is 6.37. The summed E-state index contributed by atoms with van der Waals surface area (Å²) in [5.41, 5.74) is 8.40. The number of benzene rings is 1. The van der Waals surface area contributed by atoms with Crippen molar-refractivity contribution in [2.24, 2.45) is 0 Å². The molecule has 0 saturated heterocycles. The van der Waals surface area contributed by atoms with E-state index in [4.69, 9.17) is 10.7 Å². The molecule has 0 bridgehead atoms. The average Bonchev–Trinajstić information content (AvgIpc) is 2.99. The van der Waals surface area contributed by atoms with E-state index in [9.17, 15) is 4.79 Å². The van der Waals surface area contributed by atoms with Crippen LogP contribution in [0.3, 0.4) is 0 Å². The second-order valence-electron chi connectivity index (χ2n) is 7.42. The standard InChI is InChI=1S/C20H22N4OS3/c1-11(17(25)22-12-7-5-4-6-8-12)27-19-23-16(21)15-13-9-20(2,3)26-10-14(13)28-18(15)24-19/h4-8,11H,9-10H2,1-3H3,(H,22,25)(H2,21,23,24)/t11-/m0/s1. The Labute approximate surface area is 176 Å². The van der Waals surface area contributed by atoms with E-state index in [2.05, 4.69) is 24.1 Å². The van der Waals surface area contributed by atoms with Gasteiger partial charge in [0.2, 0.25) is 5.91 Å². The van der Waals surface area contributed by atoms with Crippen molar-refractivity contribution in [1.29, 1.82) is 0 Å². The number of carbonyl (C=O) groups excluding carboxylic acids is 1. The van der Waals surface area contributed by atoms with Crippen molar-refractivity contribution in [1.82, 2.24) is 9.97 Å². The monoisotopic (exact) mass is 430 g/mol. The van der Waals surface area contributed by atoms with Crippen LogP contribution < -0.4 is 11.1 Å². The van der Waals surface area contributed by atoms with Gasteiger partial charge in [0.1, 0.15) is 10.6 Å². The number of hydrogen-bond donors (Lipinski definition) is 2. The van der Waals surface area contributed by atoms with Crippen LogP contribution in [0.4, 0.5) is 11.5 Å². The summed E-state index contributed by atoms with van der Waals surface area (Å²) >= 11 is 5.00. The third-order valence-electron chi connectivity index (χ3n) is 4.63. The molecule has 5 nitrogen and oxygen atoms in total. The molecule has 1 amide bonds. The molecule has 0 radical (unpaired) electrons. The van der Waals surface area contributed by atoms with Crippen LogP contribution >= 0.6 is 34.9 Å².